The summed E-state index contributed by atoms with van der Waals surface area (Å²) in [5.41, 5.74) is 3.62. The first-order valence-electron chi connectivity index (χ1n) is 7.35. The maximum absolute atomic E-state index is 11.6. The van der Waals surface area contributed by atoms with Gasteiger partial charge >= 0.3 is 0 Å². The number of rotatable bonds is 2. The van der Waals surface area contributed by atoms with Crippen molar-refractivity contribution in [2.24, 2.45) is 12.0 Å². The zero-order chi connectivity index (χ0) is 16.7. The molecule has 0 saturated carbocycles. The van der Waals surface area contributed by atoms with Gasteiger partial charge in [-0.2, -0.15) is 0 Å². The molecule has 0 radical (unpaired) electrons. The first kappa shape index (κ1) is 15.1. The minimum absolute atomic E-state index is 0.00116. The number of benzene rings is 1. The average Bonchev–Trinajstić information content (AvgIpc) is 3.10. The van der Waals surface area contributed by atoms with Gasteiger partial charge in [-0.3, -0.25) is 4.79 Å². The average molecular weight is 357 g/mol. The number of nitrogens with one attached hydrogen (secondary N) is 1. The first-order valence-corrected chi connectivity index (χ1v) is 8.60. The van der Waals surface area contributed by atoms with Gasteiger partial charge in [0, 0.05) is 29.9 Å². The molecule has 0 saturated heterocycles. The highest BCUT2D eigenvalue weighted by Crippen LogP contribution is 2.35. The van der Waals surface area contributed by atoms with Crippen molar-refractivity contribution in [2.75, 3.05) is 5.32 Å². The molecule has 24 heavy (non-hydrogen) atoms. The fourth-order valence-corrected chi connectivity index (χ4v) is 3.84. The molecule has 1 aliphatic rings. The summed E-state index contributed by atoms with van der Waals surface area (Å²) >= 11 is 7.95. The number of pyridine rings is 1. The number of fused-ring (bicyclic) bond motifs is 1. The van der Waals surface area contributed by atoms with Crippen LogP contribution in [0.25, 0.3) is 11.3 Å². The van der Waals surface area contributed by atoms with E-state index in [0.717, 1.165) is 27.3 Å². The van der Waals surface area contributed by atoms with Gasteiger partial charge in [-0.05, 0) is 29.8 Å². The van der Waals surface area contributed by atoms with Crippen molar-refractivity contribution in [3.05, 3.63) is 57.3 Å². The molecule has 2 aromatic heterocycles. The normalized spacial score (nSPS) is 13.9. The van der Waals surface area contributed by atoms with E-state index in [-0.39, 0.29) is 5.91 Å². The van der Waals surface area contributed by atoms with Crippen molar-refractivity contribution in [3.8, 4) is 11.3 Å². The highest BCUT2D eigenvalue weighted by Gasteiger charge is 2.21. The van der Waals surface area contributed by atoms with E-state index in [1.54, 1.807) is 6.20 Å². The van der Waals surface area contributed by atoms with Crippen LogP contribution < -0.4 is 10.1 Å². The third-order valence-electron chi connectivity index (χ3n) is 3.88. The summed E-state index contributed by atoms with van der Waals surface area (Å²) in [6, 6.07) is 9.41. The topological polar surface area (TPSA) is 59.3 Å². The van der Waals surface area contributed by atoms with Crippen LogP contribution in [-0.2, 0) is 18.3 Å². The Labute approximate surface area is 147 Å². The van der Waals surface area contributed by atoms with Gasteiger partial charge in [0.1, 0.15) is 0 Å². The van der Waals surface area contributed by atoms with Gasteiger partial charge < -0.3 is 9.88 Å². The molecule has 3 heterocycles. The number of anilines is 1. The van der Waals surface area contributed by atoms with E-state index in [0.29, 0.717) is 17.3 Å². The highest BCUT2D eigenvalue weighted by atomic mass is 35.5. The molecule has 0 fully saturated rings. The van der Waals surface area contributed by atoms with E-state index in [9.17, 15) is 4.79 Å². The minimum Gasteiger partial charge on any atom is -0.325 e. The standard InChI is InChI=1S/C17H13ClN4OS/c1-22-14(9-24-17(22)21-15-4-2-3-5-19-15)11-6-10-7-16(23)20-13(10)8-12(11)18/h2-6,8-9H,7H2,1H3,(H,20,23). The summed E-state index contributed by atoms with van der Waals surface area (Å²) < 4.78 is 1.98. The van der Waals surface area contributed by atoms with E-state index in [4.69, 9.17) is 11.6 Å². The van der Waals surface area contributed by atoms with Gasteiger partial charge in [0.05, 0.1) is 17.1 Å². The Kier molecular flexibility index (Phi) is 3.70. The lowest BCUT2D eigenvalue weighted by Crippen LogP contribution is -2.11. The summed E-state index contributed by atoms with van der Waals surface area (Å²) in [4.78, 5) is 21.2. The number of halogens is 1. The Morgan fingerprint density at radius 2 is 2.25 bits per heavy atom. The number of thiazole rings is 1. The zero-order valence-corrected chi connectivity index (χ0v) is 14.4. The Bertz CT molecular complexity index is 1010. The second-order valence-electron chi connectivity index (χ2n) is 5.48. The third kappa shape index (κ3) is 2.64. The zero-order valence-electron chi connectivity index (χ0n) is 12.8. The summed E-state index contributed by atoms with van der Waals surface area (Å²) in [6.45, 7) is 0. The summed E-state index contributed by atoms with van der Waals surface area (Å²) in [5, 5.41) is 5.43. The second-order valence-corrected chi connectivity index (χ2v) is 6.72. The lowest BCUT2D eigenvalue weighted by molar-refractivity contribution is -0.115. The molecule has 0 bridgehead atoms. The SMILES string of the molecule is Cn1c(-c2cc3c(cc2Cl)NC(=O)C3)csc1=Nc1ccccn1. The van der Waals surface area contributed by atoms with E-state index in [1.165, 1.54) is 11.3 Å². The Balaban J connectivity index is 1.81. The van der Waals surface area contributed by atoms with Crippen molar-refractivity contribution in [2.45, 2.75) is 6.42 Å². The number of nitrogens with zero attached hydrogens (tertiary/aromatic N) is 3. The Morgan fingerprint density at radius 1 is 1.38 bits per heavy atom. The quantitative estimate of drug-likeness (QED) is 0.763. The van der Waals surface area contributed by atoms with Crippen molar-refractivity contribution in [1.82, 2.24) is 9.55 Å². The summed E-state index contributed by atoms with van der Waals surface area (Å²) in [7, 11) is 1.95. The largest absolute Gasteiger partial charge is 0.325 e. The molecule has 0 atom stereocenters. The highest BCUT2D eigenvalue weighted by molar-refractivity contribution is 7.07. The smallest absolute Gasteiger partial charge is 0.228 e. The van der Waals surface area contributed by atoms with Crippen LogP contribution in [0, 0.1) is 0 Å². The van der Waals surface area contributed by atoms with E-state index in [1.807, 2.05) is 47.3 Å². The maximum Gasteiger partial charge on any atom is 0.228 e. The maximum atomic E-state index is 11.6. The molecule has 7 heteroatoms. The van der Waals surface area contributed by atoms with Crippen molar-refractivity contribution < 1.29 is 4.79 Å². The van der Waals surface area contributed by atoms with Gasteiger partial charge in [0.15, 0.2) is 10.6 Å². The van der Waals surface area contributed by atoms with Crippen LogP contribution in [0.15, 0.2) is 46.9 Å². The van der Waals surface area contributed by atoms with Crippen LogP contribution in [0.5, 0.6) is 0 Å². The number of hydrogen-bond donors (Lipinski definition) is 1. The molecular weight excluding hydrogens is 344 g/mol. The summed E-state index contributed by atoms with van der Waals surface area (Å²) in [5.74, 6) is 0.662. The van der Waals surface area contributed by atoms with Gasteiger partial charge in [-0.15, -0.1) is 11.3 Å². The third-order valence-corrected chi connectivity index (χ3v) is 5.11. The number of carbonyl (C=O) groups is 1. The van der Waals surface area contributed by atoms with Crippen LogP contribution >= 0.6 is 22.9 Å². The van der Waals surface area contributed by atoms with Crippen molar-refractivity contribution in [1.29, 1.82) is 0 Å². The molecule has 3 aromatic rings. The van der Waals surface area contributed by atoms with Crippen LogP contribution in [0.4, 0.5) is 11.5 Å². The number of carbonyl (C=O) groups excluding carboxylic acids is 1. The lowest BCUT2D eigenvalue weighted by atomic mass is 10.1. The van der Waals surface area contributed by atoms with Gasteiger partial charge in [0.25, 0.3) is 0 Å². The minimum atomic E-state index is -0.00116. The molecule has 120 valence electrons. The second kappa shape index (κ2) is 5.89. The van der Waals surface area contributed by atoms with Crippen molar-refractivity contribution in [3.63, 3.8) is 0 Å². The first-order chi connectivity index (χ1) is 11.6. The number of hydrogen-bond acceptors (Lipinski definition) is 4. The number of amides is 1. The molecular formula is C17H13ClN4OS. The molecule has 1 aromatic carbocycles. The molecule has 1 aliphatic heterocycles. The molecule has 0 spiro atoms. The predicted molar refractivity (Wildman–Crippen MR) is 95.5 cm³/mol. The van der Waals surface area contributed by atoms with Crippen LogP contribution in [0.1, 0.15) is 5.56 Å². The molecule has 1 amide bonds. The molecule has 1 N–H and O–H groups in total. The van der Waals surface area contributed by atoms with Gasteiger partial charge in [-0.1, -0.05) is 17.7 Å². The lowest BCUT2D eigenvalue weighted by Gasteiger charge is -2.08. The van der Waals surface area contributed by atoms with Crippen molar-refractivity contribution >= 4 is 40.4 Å². The fourth-order valence-electron chi connectivity index (χ4n) is 2.68. The predicted octanol–water partition coefficient (Wildman–Crippen LogP) is 3.53. The fraction of sp³-hybridized carbons (Fsp3) is 0.118. The monoisotopic (exact) mass is 356 g/mol. The molecule has 0 unspecified atom stereocenters. The molecule has 4 rings (SSSR count). The Hall–Kier alpha value is -2.44. The van der Waals surface area contributed by atoms with E-state index < -0.39 is 0 Å². The number of aromatic nitrogens is 2. The molecule has 0 aliphatic carbocycles. The van der Waals surface area contributed by atoms with Crippen LogP contribution in [0.3, 0.4) is 0 Å². The van der Waals surface area contributed by atoms with Gasteiger partial charge in [-0.25, -0.2) is 9.98 Å². The van der Waals surface area contributed by atoms with E-state index in [2.05, 4.69) is 15.3 Å². The van der Waals surface area contributed by atoms with E-state index >= 15 is 0 Å². The van der Waals surface area contributed by atoms with Crippen LogP contribution in [-0.4, -0.2) is 15.5 Å². The van der Waals surface area contributed by atoms with Crippen LogP contribution in [0.2, 0.25) is 5.02 Å². The Morgan fingerprint density at radius 3 is 3.04 bits per heavy atom. The van der Waals surface area contributed by atoms with Gasteiger partial charge in [0.2, 0.25) is 5.91 Å². The molecule has 5 nitrogen and oxygen atoms in total. The summed E-state index contributed by atoms with van der Waals surface area (Å²) in [6.07, 6.45) is 2.10.